The lowest BCUT2D eigenvalue weighted by molar-refractivity contribution is -0.117. The Labute approximate surface area is 128 Å². The van der Waals surface area contributed by atoms with Crippen LogP contribution in [0.4, 0.5) is 5.69 Å². The van der Waals surface area contributed by atoms with Gasteiger partial charge in [-0.25, -0.2) is 0 Å². The smallest absolute Gasteiger partial charge is 0.238 e. The molecule has 0 saturated carbocycles. The van der Waals surface area contributed by atoms with Crippen LogP contribution < -0.4 is 11.1 Å². The summed E-state index contributed by atoms with van der Waals surface area (Å²) in [5.74, 6) is -0.0135. The molecule has 0 aliphatic carbocycles. The van der Waals surface area contributed by atoms with Gasteiger partial charge in [-0.15, -0.1) is 12.4 Å². The molecule has 0 saturated heterocycles. The van der Waals surface area contributed by atoms with Crippen LogP contribution >= 0.6 is 12.4 Å². The molecule has 0 radical (unpaired) electrons. The van der Waals surface area contributed by atoms with E-state index >= 15 is 0 Å². The van der Waals surface area contributed by atoms with Gasteiger partial charge in [0.15, 0.2) is 0 Å². The molecule has 4 nitrogen and oxygen atoms in total. The molecule has 20 heavy (non-hydrogen) atoms. The van der Waals surface area contributed by atoms with Gasteiger partial charge in [-0.05, 0) is 51.9 Å². The average Bonchev–Trinajstić information content (AvgIpc) is 2.21. The summed E-state index contributed by atoms with van der Waals surface area (Å²) >= 11 is 0. The number of hydrogen-bond donors (Lipinski definition) is 2. The van der Waals surface area contributed by atoms with E-state index in [0.29, 0.717) is 13.1 Å². The highest BCUT2D eigenvalue weighted by Crippen LogP contribution is 2.17. The highest BCUT2D eigenvalue weighted by atomic mass is 35.5. The molecule has 3 N–H and O–H groups in total. The predicted molar refractivity (Wildman–Crippen MR) is 87.6 cm³/mol. The number of hydrogen-bond acceptors (Lipinski definition) is 3. The van der Waals surface area contributed by atoms with E-state index in [9.17, 15) is 4.79 Å². The molecule has 0 heterocycles. The molecule has 1 rings (SSSR count). The largest absolute Gasteiger partial charge is 0.325 e. The summed E-state index contributed by atoms with van der Waals surface area (Å²) < 4.78 is 0. The lowest BCUT2D eigenvalue weighted by atomic mass is 10.1. The Balaban J connectivity index is 0.00000361. The van der Waals surface area contributed by atoms with E-state index in [0.717, 1.165) is 11.3 Å². The monoisotopic (exact) mass is 299 g/mol. The maximum absolute atomic E-state index is 12.0. The van der Waals surface area contributed by atoms with Gasteiger partial charge in [-0.2, -0.15) is 0 Å². The van der Waals surface area contributed by atoms with Crippen molar-refractivity contribution in [2.45, 2.75) is 33.2 Å². The standard InChI is InChI=1S/C15H25N3O.ClH/c1-11-7-6-8-13(12(11)2)17-14(19)9-18(5)10-15(3,4)16;/h6-8H,9-10,16H2,1-5H3,(H,17,19);1H. The van der Waals surface area contributed by atoms with Gasteiger partial charge in [0, 0.05) is 17.8 Å². The van der Waals surface area contributed by atoms with Crippen molar-refractivity contribution in [3.8, 4) is 0 Å². The highest BCUT2D eigenvalue weighted by molar-refractivity contribution is 5.93. The maximum Gasteiger partial charge on any atom is 0.238 e. The number of aryl methyl sites for hydroxylation is 1. The second kappa shape index (κ2) is 7.62. The number of likely N-dealkylation sites (N-methyl/N-ethyl adjacent to an activating group) is 1. The van der Waals surface area contributed by atoms with E-state index in [1.54, 1.807) is 0 Å². The van der Waals surface area contributed by atoms with Crippen LogP contribution in [0.3, 0.4) is 0 Å². The maximum atomic E-state index is 12.0. The molecule has 5 heteroatoms. The molecular weight excluding hydrogens is 274 g/mol. The second-order valence-corrected chi connectivity index (χ2v) is 5.96. The van der Waals surface area contributed by atoms with Crippen LogP contribution in [0, 0.1) is 13.8 Å². The van der Waals surface area contributed by atoms with Crippen molar-refractivity contribution < 1.29 is 4.79 Å². The topological polar surface area (TPSA) is 58.4 Å². The summed E-state index contributed by atoms with van der Waals surface area (Å²) in [6, 6.07) is 5.91. The van der Waals surface area contributed by atoms with Gasteiger partial charge in [0.2, 0.25) is 5.91 Å². The Morgan fingerprint density at radius 1 is 1.35 bits per heavy atom. The minimum absolute atomic E-state index is 0. The molecule has 0 aliphatic rings. The fourth-order valence-electron chi connectivity index (χ4n) is 2.07. The summed E-state index contributed by atoms with van der Waals surface area (Å²) in [6.45, 7) is 8.96. The fraction of sp³-hybridized carbons (Fsp3) is 0.533. The molecule has 1 amide bonds. The Morgan fingerprint density at radius 3 is 2.50 bits per heavy atom. The van der Waals surface area contributed by atoms with Crippen LogP contribution in [0.2, 0.25) is 0 Å². The van der Waals surface area contributed by atoms with Crippen LogP contribution in [-0.4, -0.2) is 36.5 Å². The van der Waals surface area contributed by atoms with Crippen LogP contribution in [0.5, 0.6) is 0 Å². The fourth-order valence-corrected chi connectivity index (χ4v) is 2.07. The summed E-state index contributed by atoms with van der Waals surface area (Å²) in [5.41, 5.74) is 8.80. The van der Waals surface area contributed by atoms with E-state index in [1.807, 2.05) is 57.8 Å². The summed E-state index contributed by atoms with van der Waals surface area (Å²) in [5, 5.41) is 2.95. The number of nitrogens with zero attached hydrogens (tertiary/aromatic N) is 1. The molecule has 0 atom stereocenters. The van der Waals surface area contributed by atoms with Gasteiger partial charge >= 0.3 is 0 Å². The summed E-state index contributed by atoms with van der Waals surface area (Å²) in [6.07, 6.45) is 0. The highest BCUT2D eigenvalue weighted by Gasteiger charge is 2.16. The third kappa shape index (κ3) is 6.37. The number of halogens is 1. The first-order chi connectivity index (χ1) is 8.69. The van der Waals surface area contributed by atoms with Gasteiger partial charge in [0.05, 0.1) is 6.54 Å². The minimum atomic E-state index is -0.297. The number of rotatable bonds is 5. The number of carbonyl (C=O) groups excluding carboxylic acids is 1. The molecule has 1 aromatic rings. The van der Waals surface area contributed by atoms with Crippen molar-refractivity contribution in [2.75, 3.05) is 25.5 Å². The number of nitrogens with two attached hydrogens (primary N) is 1. The third-order valence-electron chi connectivity index (χ3n) is 2.97. The first-order valence-corrected chi connectivity index (χ1v) is 6.52. The third-order valence-corrected chi connectivity index (χ3v) is 2.97. The van der Waals surface area contributed by atoms with Crippen LogP contribution in [-0.2, 0) is 4.79 Å². The number of carbonyl (C=O) groups is 1. The molecule has 0 unspecified atom stereocenters. The molecule has 1 aromatic carbocycles. The number of anilines is 1. The first-order valence-electron chi connectivity index (χ1n) is 6.52. The zero-order valence-electron chi connectivity index (χ0n) is 13.0. The Morgan fingerprint density at radius 2 is 1.95 bits per heavy atom. The van der Waals surface area contributed by atoms with Crippen molar-refractivity contribution in [1.29, 1.82) is 0 Å². The van der Waals surface area contributed by atoms with Crippen molar-refractivity contribution in [3.05, 3.63) is 29.3 Å². The van der Waals surface area contributed by atoms with Gasteiger partial charge in [-0.3, -0.25) is 9.69 Å². The molecule has 0 fully saturated rings. The first kappa shape index (κ1) is 18.9. The zero-order chi connectivity index (χ0) is 14.6. The average molecular weight is 300 g/mol. The van der Waals surface area contributed by atoms with E-state index in [4.69, 9.17) is 5.73 Å². The second-order valence-electron chi connectivity index (χ2n) is 5.96. The van der Waals surface area contributed by atoms with E-state index in [-0.39, 0.29) is 23.9 Å². The van der Waals surface area contributed by atoms with E-state index in [2.05, 4.69) is 5.32 Å². The Kier molecular flexibility index (Phi) is 7.20. The Bertz CT molecular complexity index is 455. The molecule has 114 valence electrons. The zero-order valence-corrected chi connectivity index (χ0v) is 13.8. The van der Waals surface area contributed by atoms with E-state index < -0.39 is 0 Å². The van der Waals surface area contributed by atoms with Gasteiger partial charge in [0.25, 0.3) is 0 Å². The van der Waals surface area contributed by atoms with Crippen LogP contribution in [0.1, 0.15) is 25.0 Å². The number of amides is 1. The van der Waals surface area contributed by atoms with Crippen molar-refractivity contribution in [1.82, 2.24) is 4.90 Å². The molecule has 0 aliphatic heterocycles. The lowest BCUT2D eigenvalue weighted by Crippen LogP contribution is -2.45. The van der Waals surface area contributed by atoms with Crippen LogP contribution in [0.25, 0.3) is 0 Å². The minimum Gasteiger partial charge on any atom is -0.325 e. The quantitative estimate of drug-likeness (QED) is 0.877. The SMILES string of the molecule is Cc1cccc(NC(=O)CN(C)CC(C)(C)N)c1C.Cl. The number of benzene rings is 1. The molecule has 0 bridgehead atoms. The van der Waals surface area contributed by atoms with Gasteiger partial charge in [-0.1, -0.05) is 12.1 Å². The normalized spacial score (nSPS) is 11.2. The molecule has 0 spiro atoms. The van der Waals surface area contributed by atoms with Crippen molar-refractivity contribution in [2.24, 2.45) is 5.73 Å². The van der Waals surface area contributed by atoms with Crippen molar-refractivity contribution in [3.63, 3.8) is 0 Å². The molecule has 0 aromatic heterocycles. The molecular formula is C15H26ClN3O. The number of nitrogens with one attached hydrogen (secondary N) is 1. The predicted octanol–water partition coefficient (Wildman–Crippen LogP) is 2.33. The van der Waals surface area contributed by atoms with Crippen LogP contribution in [0.15, 0.2) is 18.2 Å². The summed E-state index contributed by atoms with van der Waals surface area (Å²) in [7, 11) is 1.90. The lowest BCUT2D eigenvalue weighted by Gasteiger charge is -2.26. The van der Waals surface area contributed by atoms with E-state index in [1.165, 1.54) is 5.56 Å². The van der Waals surface area contributed by atoms with Crippen molar-refractivity contribution >= 4 is 24.0 Å². The summed E-state index contributed by atoms with van der Waals surface area (Å²) in [4.78, 5) is 13.9. The Hall–Kier alpha value is -1.10. The van der Waals surface area contributed by atoms with Gasteiger partial charge in [0.1, 0.15) is 0 Å². The van der Waals surface area contributed by atoms with Gasteiger partial charge < -0.3 is 11.1 Å².